The Hall–Kier alpha value is -2.62. The molecule has 26 heavy (non-hydrogen) atoms. The van der Waals surface area contributed by atoms with E-state index in [2.05, 4.69) is 10.6 Å². The number of carbonyl (C=O) groups is 1. The standard InChI is InChI=1S/C15H11Cl2N3O5S/c1-25-13-9(16)4-7(5-10(13)17)14(22)19-15(26)18-11-6-8(20(23)24)2-3-12(11)21/h2-6,21H,1H3,(H2,18,19,22,26). The van der Waals surface area contributed by atoms with E-state index < -0.39 is 10.8 Å². The molecule has 3 N–H and O–H groups in total. The highest BCUT2D eigenvalue weighted by Gasteiger charge is 2.16. The molecule has 2 aromatic carbocycles. The van der Waals surface area contributed by atoms with Crippen LogP contribution in [0.3, 0.4) is 0 Å². The van der Waals surface area contributed by atoms with Crippen LogP contribution in [0.25, 0.3) is 0 Å². The van der Waals surface area contributed by atoms with Crippen LogP contribution in [0.2, 0.25) is 10.0 Å². The van der Waals surface area contributed by atoms with E-state index in [1.807, 2.05) is 0 Å². The van der Waals surface area contributed by atoms with Gasteiger partial charge in [0.15, 0.2) is 10.9 Å². The number of halogens is 2. The quantitative estimate of drug-likeness (QED) is 0.301. The number of phenolic OH excluding ortho intramolecular Hbond substituents is 1. The molecule has 0 unspecified atom stereocenters. The summed E-state index contributed by atoms with van der Waals surface area (Å²) >= 11 is 16.9. The summed E-state index contributed by atoms with van der Waals surface area (Å²) in [4.78, 5) is 22.4. The number of aromatic hydroxyl groups is 1. The number of ether oxygens (including phenoxy) is 1. The van der Waals surface area contributed by atoms with Gasteiger partial charge in [0.2, 0.25) is 0 Å². The Morgan fingerprint density at radius 3 is 2.42 bits per heavy atom. The molecule has 0 spiro atoms. The van der Waals surface area contributed by atoms with Crippen LogP contribution in [0.15, 0.2) is 30.3 Å². The Kier molecular flexibility index (Phi) is 6.19. The first kappa shape index (κ1) is 19.7. The molecular formula is C15H11Cl2N3O5S. The molecule has 11 heteroatoms. The number of carbonyl (C=O) groups excluding carboxylic acids is 1. The Balaban J connectivity index is 2.14. The Labute approximate surface area is 162 Å². The topological polar surface area (TPSA) is 114 Å². The summed E-state index contributed by atoms with van der Waals surface area (Å²) in [6.07, 6.45) is 0. The SMILES string of the molecule is COc1c(Cl)cc(C(=O)NC(=S)Nc2cc([N+](=O)[O-])ccc2O)cc1Cl. The van der Waals surface area contributed by atoms with Crippen LogP contribution in [-0.4, -0.2) is 28.2 Å². The van der Waals surface area contributed by atoms with Gasteiger partial charge in [0.1, 0.15) is 5.75 Å². The molecule has 0 aliphatic rings. The number of non-ortho nitro benzene ring substituents is 1. The van der Waals surface area contributed by atoms with E-state index in [1.54, 1.807) is 0 Å². The second-order valence-electron chi connectivity index (χ2n) is 4.84. The molecule has 0 aromatic heterocycles. The molecule has 2 aromatic rings. The minimum atomic E-state index is -0.631. The van der Waals surface area contributed by atoms with E-state index in [9.17, 15) is 20.0 Å². The van der Waals surface area contributed by atoms with Crippen molar-refractivity contribution in [3.05, 3.63) is 56.1 Å². The third-order valence-corrected chi connectivity index (χ3v) is 3.90. The molecule has 0 fully saturated rings. The van der Waals surface area contributed by atoms with Gasteiger partial charge in [0.05, 0.1) is 27.8 Å². The monoisotopic (exact) mass is 415 g/mol. The lowest BCUT2D eigenvalue weighted by atomic mass is 10.2. The molecule has 0 bridgehead atoms. The zero-order valence-corrected chi connectivity index (χ0v) is 15.4. The Morgan fingerprint density at radius 2 is 1.88 bits per heavy atom. The number of hydrogen-bond acceptors (Lipinski definition) is 6. The van der Waals surface area contributed by atoms with E-state index in [0.29, 0.717) is 0 Å². The lowest BCUT2D eigenvalue weighted by molar-refractivity contribution is -0.384. The normalized spacial score (nSPS) is 10.1. The molecule has 1 amide bonds. The largest absolute Gasteiger partial charge is 0.506 e. The van der Waals surface area contributed by atoms with Crippen molar-refractivity contribution in [3.63, 3.8) is 0 Å². The molecule has 0 atom stereocenters. The van der Waals surface area contributed by atoms with Gasteiger partial charge in [-0.05, 0) is 30.4 Å². The van der Waals surface area contributed by atoms with Gasteiger partial charge >= 0.3 is 0 Å². The first-order valence-corrected chi connectivity index (χ1v) is 8.02. The van der Waals surface area contributed by atoms with E-state index in [0.717, 1.165) is 18.2 Å². The van der Waals surface area contributed by atoms with E-state index in [-0.39, 0.29) is 43.6 Å². The molecule has 2 rings (SSSR count). The lowest BCUT2D eigenvalue weighted by Gasteiger charge is -2.12. The van der Waals surface area contributed by atoms with Crippen molar-refractivity contribution >= 4 is 57.8 Å². The predicted octanol–water partition coefficient (Wildman–Crippen LogP) is 3.74. The number of anilines is 1. The zero-order chi connectivity index (χ0) is 19.4. The lowest BCUT2D eigenvalue weighted by Crippen LogP contribution is -2.34. The Morgan fingerprint density at radius 1 is 1.27 bits per heavy atom. The van der Waals surface area contributed by atoms with Gasteiger partial charge in [0, 0.05) is 17.7 Å². The molecule has 0 aliphatic heterocycles. The molecule has 136 valence electrons. The number of rotatable bonds is 4. The second-order valence-corrected chi connectivity index (χ2v) is 6.06. The van der Waals surface area contributed by atoms with Crippen LogP contribution < -0.4 is 15.4 Å². The van der Waals surface area contributed by atoms with Crippen molar-refractivity contribution < 1.29 is 19.6 Å². The molecule has 0 saturated heterocycles. The van der Waals surface area contributed by atoms with Crippen LogP contribution in [0.1, 0.15) is 10.4 Å². The number of benzene rings is 2. The molecule has 0 saturated carbocycles. The number of amides is 1. The first-order chi connectivity index (χ1) is 12.2. The summed E-state index contributed by atoms with van der Waals surface area (Å²) in [7, 11) is 1.39. The average molecular weight is 416 g/mol. The van der Waals surface area contributed by atoms with Crippen molar-refractivity contribution in [1.82, 2.24) is 5.32 Å². The Bertz CT molecular complexity index is 884. The van der Waals surface area contributed by atoms with Crippen molar-refractivity contribution in [2.75, 3.05) is 12.4 Å². The molecule has 0 heterocycles. The van der Waals surface area contributed by atoms with Crippen molar-refractivity contribution in [2.24, 2.45) is 0 Å². The molecule has 0 aliphatic carbocycles. The maximum absolute atomic E-state index is 12.2. The minimum Gasteiger partial charge on any atom is -0.506 e. The van der Waals surface area contributed by atoms with Crippen LogP contribution in [0.5, 0.6) is 11.5 Å². The van der Waals surface area contributed by atoms with Crippen LogP contribution in [-0.2, 0) is 0 Å². The third kappa shape index (κ3) is 4.51. The molecule has 0 radical (unpaired) electrons. The fraction of sp³-hybridized carbons (Fsp3) is 0.0667. The number of phenols is 1. The van der Waals surface area contributed by atoms with Crippen molar-refractivity contribution in [3.8, 4) is 11.5 Å². The highest BCUT2D eigenvalue weighted by Crippen LogP contribution is 2.33. The number of nitrogens with one attached hydrogen (secondary N) is 2. The van der Waals surface area contributed by atoms with Gasteiger partial charge in [-0.3, -0.25) is 20.2 Å². The average Bonchev–Trinajstić information content (AvgIpc) is 2.56. The maximum atomic E-state index is 12.2. The number of nitro benzene ring substituents is 1. The molecule has 8 nitrogen and oxygen atoms in total. The fourth-order valence-corrected chi connectivity index (χ4v) is 2.80. The van der Waals surface area contributed by atoms with Gasteiger partial charge in [0.25, 0.3) is 11.6 Å². The van der Waals surface area contributed by atoms with Gasteiger partial charge in [-0.25, -0.2) is 0 Å². The maximum Gasteiger partial charge on any atom is 0.271 e. The van der Waals surface area contributed by atoms with Gasteiger partial charge < -0.3 is 15.2 Å². The first-order valence-electron chi connectivity index (χ1n) is 6.85. The summed E-state index contributed by atoms with van der Waals surface area (Å²) < 4.78 is 5.00. The van der Waals surface area contributed by atoms with E-state index in [1.165, 1.54) is 19.2 Å². The number of nitro groups is 1. The summed E-state index contributed by atoms with van der Waals surface area (Å²) in [5, 5.41) is 25.5. The summed E-state index contributed by atoms with van der Waals surface area (Å²) in [5.41, 5.74) is -0.170. The second kappa shape index (κ2) is 8.17. The zero-order valence-electron chi connectivity index (χ0n) is 13.1. The highest BCUT2D eigenvalue weighted by atomic mass is 35.5. The highest BCUT2D eigenvalue weighted by molar-refractivity contribution is 7.80. The number of nitrogens with zero attached hydrogens (tertiary/aromatic N) is 1. The van der Waals surface area contributed by atoms with Crippen molar-refractivity contribution in [2.45, 2.75) is 0 Å². The third-order valence-electron chi connectivity index (χ3n) is 3.13. The van der Waals surface area contributed by atoms with Gasteiger partial charge in [-0.2, -0.15) is 0 Å². The fourth-order valence-electron chi connectivity index (χ4n) is 1.95. The van der Waals surface area contributed by atoms with Crippen molar-refractivity contribution in [1.29, 1.82) is 0 Å². The van der Waals surface area contributed by atoms with Crippen LogP contribution in [0.4, 0.5) is 11.4 Å². The number of thiocarbonyl (C=S) groups is 1. The summed E-state index contributed by atoms with van der Waals surface area (Å²) in [6, 6.07) is 6.02. The molecular weight excluding hydrogens is 405 g/mol. The minimum absolute atomic E-state index is 0.0321. The van der Waals surface area contributed by atoms with E-state index in [4.69, 9.17) is 40.2 Å². The smallest absolute Gasteiger partial charge is 0.271 e. The van der Waals surface area contributed by atoms with Crippen LogP contribution in [0, 0.1) is 10.1 Å². The van der Waals surface area contributed by atoms with Crippen LogP contribution >= 0.6 is 35.4 Å². The predicted molar refractivity (Wildman–Crippen MR) is 101 cm³/mol. The number of methoxy groups -OCH3 is 1. The van der Waals surface area contributed by atoms with E-state index >= 15 is 0 Å². The summed E-state index contributed by atoms with van der Waals surface area (Å²) in [5.74, 6) is -0.672. The summed E-state index contributed by atoms with van der Waals surface area (Å²) in [6.45, 7) is 0. The van der Waals surface area contributed by atoms with Gasteiger partial charge in [-0.1, -0.05) is 23.2 Å². The number of hydrogen-bond donors (Lipinski definition) is 3. The van der Waals surface area contributed by atoms with Gasteiger partial charge in [-0.15, -0.1) is 0 Å².